The van der Waals surface area contributed by atoms with Gasteiger partial charge in [0.25, 0.3) is 0 Å². The van der Waals surface area contributed by atoms with Gasteiger partial charge in [-0.25, -0.2) is 13.9 Å². The second-order valence-electron chi connectivity index (χ2n) is 18.3. The van der Waals surface area contributed by atoms with Crippen LogP contribution in [0, 0.1) is 11.8 Å². The summed E-state index contributed by atoms with van der Waals surface area (Å²) in [6.45, 7) is 1.54. The Labute approximate surface area is 424 Å². The Kier molecular flexibility index (Phi) is 30.2. The van der Waals surface area contributed by atoms with Gasteiger partial charge in [-0.2, -0.15) is 9.29 Å². The van der Waals surface area contributed by atoms with Crippen LogP contribution >= 0.6 is 15.6 Å². The number of ketones is 1. The molecule has 0 radical (unpaired) electrons. The average Bonchev–Trinajstić information content (AvgIpc) is 3.32. The zero-order chi connectivity index (χ0) is 52.8. The number of unbranched alkanes of at least 4 members (excludes halogenated alkanes) is 13. The first-order chi connectivity index (χ1) is 34.4. The van der Waals surface area contributed by atoms with E-state index in [4.69, 9.17) is 29.0 Å². The lowest BCUT2D eigenvalue weighted by Gasteiger charge is -2.36. The van der Waals surface area contributed by atoms with E-state index < -0.39 is 107 Å². The molecular weight excluding hydrogens is 977 g/mol. The van der Waals surface area contributed by atoms with Gasteiger partial charge < -0.3 is 45.1 Å². The van der Waals surface area contributed by atoms with Crippen LogP contribution in [0.3, 0.4) is 0 Å². The maximum absolute atomic E-state index is 13.8. The van der Waals surface area contributed by atoms with Gasteiger partial charge in [0.15, 0.2) is 11.9 Å². The highest BCUT2D eigenvalue weighted by Gasteiger charge is 2.42. The van der Waals surface area contributed by atoms with Crippen molar-refractivity contribution in [3.8, 4) is 0 Å². The molecule has 0 spiro atoms. The van der Waals surface area contributed by atoms with E-state index in [9.17, 15) is 53.4 Å². The summed E-state index contributed by atoms with van der Waals surface area (Å²) in [5, 5.41) is 33.8. The van der Waals surface area contributed by atoms with E-state index in [0.717, 1.165) is 62.0 Å². The fourth-order valence-corrected chi connectivity index (χ4v) is 10.1. The highest BCUT2D eigenvalue weighted by molar-refractivity contribution is 7.61. The number of hydrogen-bond acceptors (Lipinski definition) is 17. The molecule has 0 fully saturated rings. The second-order valence-corrected chi connectivity index (χ2v) is 21.4. The number of carbonyl (C=O) groups excluding carboxylic acids is 3. The highest BCUT2D eigenvalue weighted by Crippen LogP contribution is 2.60. The maximum atomic E-state index is 13.8. The van der Waals surface area contributed by atoms with E-state index in [2.05, 4.69) is 28.4 Å². The number of fused-ring (bicyclic) bond motifs is 3. The van der Waals surface area contributed by atoms with Crippen molar-refractivity contribution in [3.05, 3.63) is 71.4 Å². The molecular formula is C50H81N3O17P2. The predicted molar refractivity (Wildman–Crippen MR) is 270 cm³/mol. The van der Waals surface area contributed by atoms with Crippen LogP contribution < -0.4 is 11.4 Å². The molecule has 10 atom stereocenters. The van der Waals surface area contributed by atoms with Gasteiger partial charge in [0.1, 0.15) is 30.9 Å². The molecule has 408 valence electrons. The van der Waals surface area contributed by atoms with Crippen molar-refractivity contribution in [1.29, 1.82) is 0 Å². The number of aliphatic hydroxyl groups excluding tert-OH is 3. The van der Waals surface area contributed by atoms with Crippen LogP contribution in [0.5, 0.6) is 0 Å². The van der Waals surface area contributed by atoms with Crippen LogP contribution in [-0.2, 0) is 51.1 Å². The largest absolute Gasteiger partial charge is 0.481 e. The van der Waals surface area contributed by atoms with Crippen molar-refractivity contribution in [3.63, 3.8) is 0 Å². The van der Waals surface area contributed by atoms with E-state index in [1.165, 1.54) is 69.0 Å². The molecule has 22 heteroatoms. The molecule has 72 heavy (non-hydrogen) atoms. The Morgan fingerprint density at radius 2 is 1.51 bits per heavy atom. The predicted octanol–water partition coefficient (Wildman–Crippen LogP) is 8.17. The molecule has 3 heterocycles. The van der Waals surface area contributed by atoms with E-state index in [1.807, 2.05) is 6.92 Å². The molecule has 1 aromatic rings. The summed E-state index contributed by atoms with van der Waals surface area (Å²) < 4.78 is 59.1. The van der Waals surface area contributed by atoms with E-state index >= 15 is 0 Å². The number of nitrogen functional groups attached to an aromatic ring is 1. The number of esters is 2. The molecule has 0 aliphatic carbocycles. The fraction of sp³-hybridized carbons (Fsp3) is 0.700. The molecule has 2 unspecified atom stereocenters. The second kappa shape index (κ2) is 34.8. The molecule has 0 aromatic carbocycles. The van der Waals surface area contributed by atoms with Gasteiger partial charge in [-0.3, -0.25) is 28.0 Å². The number of aliphatic hydroxyl groups is 3. The van der Waals surface area contributed by atoms with Crippen LogP contribution in [0.15, 0.2) is 65.7 Å². The van der Waals surface area contributed by atoms with Crippen LogP contribution in [0.2, 0.25) is 0 Å². The molecule has 2 bridgehead atoms. The fourth-order valence-electron chi connectivity index (χ4n) is 7.98. The van der Waals surface area contributed by atoms with Crippen LogP contribution in [0.1, 0.15) is 161 Å². The summed E-state index contributed by atoms with van der Waals surface area (Å²) in [6, 6.07) is 1.28. The number of anilines is 1. The summed E-state index contributed by atoms with van der Waals surface area (Å²) >= 11 is 0. The smallest absolute Gasteiger partial charge is 0.462 e. The number of nitrogens with two attached hydrogens (primary N) is 1. The van der Waals surface area contributed by atoms with Gasteiger partial charge in [-0.1, -0.05) is 127 Å². The minimum atomic E-state index is -5.68. The minimum Gasteiger partial charge on any atom is -0.462 e. The molecule has 2 aliphatic rings. The van der Waals surface area contributed by atoms with Crippen molar-refractivity contribution in [2.24, 2.45) is 11.8 Å². The Balaban J connectivity index is 1.79. The average molecular weight is 1060 g/mol. The van der Waals surface area contributed by atoms with Gasteiger partial charge in [-0.15, -0.1) is 0 Å². The number of hydrogen-bond donors (Lipinski definition) is 6. The number of allylic oxidation sites excluding steroid dienone is 5. The Morgan fingerprint density at radius 3 is 2.19 bits per heavy atom. The number of ether oxygens (including phenoxy) is 3. The summed E-state index contributed by atoms with van der Waals surface area (Å²) in [5.41, 5.74) is 4.83. The zero-order valence-electron chi connectivity index (χ0n) is 42.1. The lowest BCUT2D eigenvalue weighted by atomic mass is 9.88. The topological polar surface area (TPSA) is 303 Å². The zero-order valence-corrected chi connectivity index (χ0v) is 43.9. The van der Waals surface area contributed by atoms with Crippen molar-refractivity contribution < 1.29 is 76.2 Å². The summed E-state index contributed by atoms with van der Waals surface area (Å²) in [4.78, 5) is 77.9. The molecule has 2 aliphatic heterocycles. The highest BCUT2D eigenvalue weighted by atomic mass is 31.3. The number of nitrogens with zero attached hydrogens (tertiary/aromatic N) is 2. The quantitative estimate of drug-likeness (QED) is 0.0260. The molecule has 0 amide bonds. The first-order valence-electron chi connectivity index (χ1n) is 25.7. The van der Waals surface area contributed by atoms with Crippen LogP contribution in [-0.4, -0.2) is 103 Å². The maximum Gasteiger partial charge on any atom is 0.481 e. The Morgan fingerprint density at radius 1 is 0.875 bits per heavy atom. The van der Waals surface area contributed by atoms with Crippen molar-refractivity contribution in [2.45, 2.75) is 192 Å². The third-order valence-electron chi connectivity index (χ3n) is 12.1. The van der Waals surface area contributed by atoms with Crippen molar-refractivity contribution in [1.82, 2.24) is 9.55 Å². The van der Waals surface area contributed by atoms with E-state index in [-0.39, 0.29) is 25.1 Å². The van der Waals surface area contributed by atoms with Crippen molar-refractivity contribution >= 4 is 39.2 Å². The normalized spacial score (nSPS) is 29.1. The van der Waals surface area contributed by atoms with E-state index in [1.54, 1.807) is 12.2 Å². The number of cyclic esters (lactones) is 1. The van der Waals surface area contributed by atoms with Gasteiger partial charge >= 0.3 is 33.3 Å². The number of carbonyl (C=O) groups is 3. The number of rotatable bonds is 23. The summed E-state index contributed by atoms with van der Waals surface area (Å²) in [7, 11) is -11.2. The Hall–Kier alpha value is -3.65. The van der Waals surface area contributed by atoms with Crippen molar-refractivity contribution in [2.75, 3.05) is 25.6 Å². The molecule has 0 saturated carbocycles. The molecule has 7 N–H and O–H groups in total. The lowest BCUT2D eigenvalue weighted by Crippen LogP contribution is -2.49. The van der Waals surface area contributed by atoms with Crippen LogP contribution in [0.25, 0.3) is 0 Å². The third-order valence-corrected chi connectivity index (χ3v) is 14.7. The third kappa shape index (κ3) is 25.5. The first-order valence-corrected chi connectivity index (χ1v) is 28.7. The van der Waals surface area contributed by atoms with Gasteiger partial charge in [-0.05, 0) is 69.9 Å². The summed E-state index contributed by atoms with van der Waals surface area (Å²) in [6.07, 6.45) is 21.5. The van der Waals surface area contributed by atoms with Crippen LogP contribution in [0.4, 0.5) is 5.82 Å². The molecule has 0 saturated heterocycles. The standard InChI is InChI=1S/C50H81N3O17P2/c1-3-5-7-8-9-10-11-12-13-14-15-16-17-18-24-28-46(57)68-40-35-65-45(56)27-23-20-19-22-25-38-29-32-42(55)41(31-30-39(54)26-21-6-4-2)47(58)48(59)43(37-67-72(63,64)70-71(61,62)66-36-40)69-49(38)53-34-33-44(51)52-50(53)60/h12-13,19,22,29-34,38-41,43,47-49,54,58-59H,3-11,14-18,20-21,23-28,35-37H2,1-2H3,(H,61,62)(H,63,64)(H2,51,52,60)/b13-12-,22-19-,31-30+,32-29-/t38-,39-,40+,41-,43+,47-,48+,49+/m0/s1. The van der Waals surface area contributed by atoms with Gasteiger partial charge in [0.2, 0.25) is 0 Å². The van der Waals surface area contributed by atoms with E-state index in [0.29, 0.717) is 32.1 Å². The monoisotopic (exact) mass is 1060 g/mol. The molecule has 3 rings (SSSR count). The molecule has 20 nitrogen and oxygen atoms in total. The first kappa shape index (κ1) is 62.6. The Bertz CT molecular complexity index is 2050. The number of phosphoric acid groups is 2. The SMILES string of the molecule is CCCCCCCC/C=C\CCCCCCCC(=O)O[C@@H]1COC(=O)CCC/C=C\C[C@H]2/C=C\C(=O)[C@H](/C=C/[C@@H](O)CCCCC)[C@H](O)[C@H](O)[C@@H](COP(=O)(O)OP(=O)(O)OC1)O[C@H]2n1ccc(N)nc1=O. The summed E-state index contributed by atoms with van der Waals surface area (Å²) in [5.74, 6) is -4.69. The van der Waals surface area contributed by atoms with Gasteiger partial charge in [0, 0.05) is 25.0 Å². The number of aromatic nitrogens is 2. The number of phosphoric ester groups is 2. The van der Waals surface area contributed by atoms with Gasteiger partial charge in [0.05, 0.1) is 31.3 Å². The molecule has 1 aromatic heterocycles. The lowest BCUT2D eigenvalue weighted by molar-refractivity contribution is -0.167. The minimum absolute atomic E-state index is 0.00112.